The van der Waals surface area contributed by atoms with E-state index in [0.717, 1.165) is 42.6 Å². The lowest BCUT2D eigenvalue weighted by atomic mass is 9.84. The molecular weight excluding hydrogens is 487 g/mol. The molecule has 1 saturated heterocycles. The van der Waals surface area contributed by atoms with Gasteiger partial charge in [0.25, 0.3) is 5.91 Å². The predicted molar refractivity (Wildman–Crippen MR) is 135 cm³/mol. The number of hydrogen-bond acceptors (Lipinski definition) is 6. The molecule has 0 unspecified atom stereocenters. The summed E-state index contributed by atoms with van der Waals surface area (Å²) in [4.78, 5) is 33.2. The number of anilines is 3. The zero-order valence-electron chi connectivity index (χ0n) is 20.8. The minimum absolute atomic E-state index is 0.0901. The fourth-order valence-electron chi connectivity index (χ4n) is 5.31. The highest BCUT2D eigenvalue weighted by molar-refractivity contribution is 5.99. The minimum Gasteiger partial charge on any atom is -0.406 e. The quantitative estimate of drug-likeness (QED) is 0.398. The highest BCUT2D eigenvalue weighted by Crippen LogP contribution is 2.37. The number of nitrogen functional groups attached to an aromatic ring is 1. The molecule has 0 bridgehead atoms. The predicted octanol–water partition coefficient (Wildman–Crippen LogP) is 4.92. The number of nitrogens with zero attached hydrogens (tertiary/aromatic N) is 3. The number of alkyl halides is 3. The summed E-state index contributed by atoms with van der Waals surface area (Å²) in [6.45, 7) is 0.747. The number of rotatable bonds is 7. The van der Waals surface area contributed by atoms with E-state index in [1.807, 2.05) is 6.20 Å². The molecule has 0 spiro atoms. The Morgan fingerprint density at radius 3 is 2.46 bits per heavy atom. The Bertz CT molecular complexity index is 1110. The van der Waals surface area contributed by atoms with Gasteiger partial charge in [-0.2, -0.15) is 0 Å². The average Bonchev–Trinajstić information content (AvgIpc) is 2.89. The fraction of sp³-hybridized carbons (Fsp3) is 0.500. The van der Waals surface area contributed by atoms with Crippen LogP contribution in [0.2, 0.25) is 0 Å². The van der Waals surface area contributed by atoms with E-state index < -0.39 is 12.1 Å². The van der Waals surface area contributed by atoms with Crippen LogP contribution in [-0.4, -0.2) is 54.7 Å². The van der Waals surface area contributed by atoms with Gasteiger partial charge in [0.05, 0.1) is 11.3 Å². The number of amides is 2. The van der Waals surface area contributed by atoms with E-state index >= 15 is 0 Å². The molecule has 2 fully saturated rings. The summed E-state index contributed by atoms with van der Waals surface area (Å²) in [5.74, 6) is 0.215. The van der Waals surface area contributed by atoms with Crippen LogP contribution >= 0.6 is 0 Å². The van der Waals surface area contributed by atoms with Crippen LogP contribution in [0.25, 0.3) is 0 Å². The first-order chi connectivity index (χ1) is 17.7. The van der Waals surface area contributed by atoms with E-state index in [4.69, 9.17) is 5.73 Å². The third-order valence-corrected chi connectivity index (χ3v) is 7.23. The molecule has 2 amide bonds. The van der Waals surface area contributed by atoms with Gasteiger partial charge in [-0.05, 0) is 55.4 Å². The Morgan fingerprint density at radius 1 is 1.16 bits per heavy atom. The van der Waals surface area contributed by atoms with Crippen LogP contribution in [0.15, 0.2) is 30.5 Å². The second-order valence-electron chi connectivity index (χ2n) is 9.55. The van der Waals surface area contributed by atoms with Gasteiger partial charge in [-0.3, -0.25) is 9.59 Å². The second-order valence-corrected chi connectivity index (χ2v) is 9.55. The van der Waals surface area contributed by atoms with E-state index in [9.17, 15) is 22.8 Å². The topological polar surface area (TPSA) is 101 Å². The number of pyridine rings is 1. The van der Waals surface area contributed by atoms with E-state index in [2.05, 4.69) is 21.1 Å². The number of carbonyl (C=O) groups is 2. The van der Waals surface area contributed by atoms with Gasteiger partial charge < -0.3 is 25.6 Å². The summed E-state index contributed by atoms with van der Waals surface area (Å²) in [6.07, 6.45) is 4.83. The highest BCUT2D eigenvalue weighted by Gasteiger charge is 2.33. The van der Waals surface area contributed by atoms with Crippen LogP contribution in [0.5, 0.6) is 5.75 Å². The smallest absolute Gasteiger partial charge is 0.406 e. The van der Waals surface area contributed by atoms with Crippen LogP contribution in [0, 0.1) is 0 Å². The van der Waals surface area contributed by atoms with Crippen molar-refractivity contribution >= 4 is 29.5 Å². The zero-order valence-corrected chi connectivity index (χ0v) is 20.8. The largest absolute Gasteiger partial charge is 0.573 e. The van der Waals surface area contributed by atoms with Gasteiger partial charge in [-0.15, -0.1) is 13.2 Å². The van der Waals surface area contributed by atoms with E-state index in [1.165, 1.54) is 25.3 Å². The number of aromatic nitrogens is 1. The number of nitrogens with two attached hydrogens (primary N) is 1. The molecule has 3 N–H and O–H groups in total. The second kappa shape index (κ2) is 11.3. The standard InChI is InChI=1S/C26H32F3N5O3/c1-31-24-23(13-18(15-32-24)17-5-3-2-4-6-17)34(16-35)19-9-11-33(12-10-19)25(36)21-8-7-20(14-22(21)30)37-26(27,28)29/h7-8,13-17,19H,2-6,9-12,30H2,1H3,(H,31,32). The molecule has 8 nitrogen and oxygen atoms in total. The molecule has 200 valence electrons. The molecule has 4 rings (SSSR count). The maximum atomic E-state index is 13.0. The molecule has 0 atom stereocenters. The summed E-state index contributed by atoms with van der Waals surface area (Å²) in [7, 11) is 1.77. The molecular formula is C26H32F3N5O3. The number of likely N-dealkylation sites (tertiary alicyclic amines) is 1. The molecule has 2 aliphatic rings. The van der Waals surface area contributed by atoms with E-state index in [-0.39, 0.29) is 23.2 Å². The Balaban J connectivity index is 1.45. The van der Waals surface area contributed by atoms with Crippen molar-refractivity contribution in [3.05, 3.63) is 41.6 Å². The monoisotopic (exact) mass is 519 g/mol. The van der Waals surface area contributed by atoms with Crippen molar-refractivity contribution in [1.29, 1.82) is 0 Å². The molecule has 2 heterocycles. The summed E-state index contributed by atoms with van der Waals surface area (Å²) < 4.78 is 41.3. The Hall–Kier alpha value is -3.50. The van der Waals surface area contributed by atoms with Crippen molar-refractivity contribution in [2.75, 3.05) is 36.1 Å². The van der Waals surface area contributed by atoms with Gasteiger partial charge in [-0.1, -0.05) is 19.3 Å². The van der Waals surface area contributed by atoms with E-state index in [0.29, 0.717) is 37.7 Å². The molecule has 0 radical (unpaired) electrons. The highest BCUT2D eigenvalue weighted by atomic mass is 19.4. The van der Waals surface area contributed by atoms with Gasteiger partial charge in [0, 0.05) is 44.1 Å². The van der Waals surface area contributed by atoms with Gasteiger partial charge in [0.1, 0.15) is 11.6 Å². The third kappa shape index (κ3) is 6.26. The number of piperidine rings is 1. The number of ether oxygens (including phenoxy) is 1. The normalized spacial score (nSPS) is 17.4. The lowest BCUT2D eigenvalue weighted by Gasteiger charge is -2.37. The maximum absolute atomic E-state index is 13.0. The molecule has 2 aromatic rings. The van der Waals surface area contributed by atoms with Crippen LogP contribution in [0.3, 0.4) is 0 Å². The third-order valence-electron chi connectivity index (χ3n) is 7.23. The minimum atomic E-state index is -4.84. The SMILES string of the molecule is CNc1ncc(C2CCCCC2)cc1N(C=O)C1CCN(C(=O)c2ccc(OC(F)(F)F)cc2N)CC1. The van der Waals surface area contributed by atoms with Crippen LogP contribution in [0.1, 0.15) is 66.8 Å². The van der Waals surface area contributed by atoms with Crippen molar-refractivity contribution < 1.29 is 27.5 Å². The Morgan fingerprint density at radius 2 is 1.86 bits per heavy atom. The molecule has 1 aromatic carbocycles. The van der Waals surface area contributed by atoms with Crippen molar-refractivity contribution in [2.24, 2.45) is 0 Å². The first-order valence-corrected chi connectivity index (χ1v) is 12.6. The zero-order chi connectivity index (χ0) is 26.6. The molecule has 11 heteroatoms. The lowest BCUT2D eigenvalue weighted by Crippen LogP contribution is -2.46. The number of hydrogen-bond donors (Lipinski definition) is 2. The molecule has 1 aliphatic carbocycles. The number of carbonyl (C=O) groups excluding carboxylic acids is 2. The van der Waals surface area contributed by atoms with Crippen molar-refractivity contribution in [2.45, 2.75) is 63.3 Å². The van der Waals surface area contributed by atoms with Crippen molar-refractivity contribution in [1.82, 2.24) is 9.88 Å². The van der Waals surface area contributed by atoms with Gasteiger partial charge in [-0.25, -0.2) is 4.98 Å². The molecule has 1 aliphatic heterocycles. The summed E-state index contributed by atoms with van der Waals surface area (Å²) in [5.41, 5.74) is 7.76. The Labute approximate surface area is 214 Å². The number of nitrogens with one attached hydrogen (secondary N) is 1. The summed E-state index contributed by atoms with van der Waals surface area (Å²) in [5, 5.41) is 3.08. The first kappa shape index (κ1) is 26.6. The van der Waals surface area contributed by atoms with Gasteiger partial charge in [0.15, 0.2) is 0 Å². The lowest BCUT2D eigenvalue weighted by molar-refractivity contribution is -0.274. The van der Waals surface area contributed by atoms with Gasteiger partial charge >= 0.3 is 6.36 Å². The summed E-state index contributed by atoms with van der Waals surface area (Å²) >= 11 is 0. The van der Waals surface area contributed by atoms with Crippen LogP contribution in [-0.2, 0) is 4.79 Å². The number of benzene rings is 1. The summed E-state index contributed by atoms with van der Waals surface area (Å²) in [6, 6.07) is 5.24. The van der Waals surface area contributed by atoms with Crippen molar-refractivity contribution in [3.63, 3.8) is 0 Å². The first-order valence-electron chi connectivity index (χ1n) is 12.6. The van der Waals surface area contributed by atoms with E-state index in [1.54, 1.807) is 16.8 Å². The molecule has 1 aromatic heterocycles. The maximum Gasteiger partial charge on any atom is 0.573 e. The fourth-order valence-corrected chi connectivity index (χ4v) is 5.31. The van der Waals surface area contributed by atoms with Crippen molar-refractivity contribution in [3.8, 4) is 5.75 Å². The van der Waals surface area contributed by atoms with Crippen LogP contribution < -0.4 is 20.7 Å². The van der Waals surface area contributed by atoms with Crippen LogP contribution in [0.4, 0.5) is 30.4 Å². The van der Waals surface area contributed by atoms with Gasteiger partial charge in [0.2, 0.25) is 6.41 Å². The average molecular weight is 520 g/mol. The molecule has 1 saturated carbocycles. The number of halogens is 3. The Kier molecular flexibility index (Phi) is 8.09. The molecule has 37 heavy (non-hydrogen) atoms.